The topological polar surface area (TPSA) is 77.9 Å². The molecule has 0 radical (unpaired) electrons. The number of imide groups is 1. The summed E-state index contributed by atoms with van der Waals surface area (Å²) < 4.78 is 0. The summed E-state index contributed by atoms with van der Waals surface area (Å²) in [6, 6.07) is 0. The smallest absolute Gasteiger partial charge is 0.304 e. The molecule has 2 aliphatic heterocycles. The zero-order valence-electron chi connectivity index (χ0n) is 9.76. The second-order valence-corrected chi connectivity index (χ2v) is 4.54. The van der Waals surface area contributed by atoms with Crippen molar-refractivity contribution in [1.29, 1.82) is 0 Å². The van der Waals surface area contributed by atoms with Gasteiger partial charge < -0.3 is 10.0 Å². The minimum atomic E-state index is -0.852. The molecule has 0 bridgehead atoms. The maximum absolute atomic E-state index is 11.9. The van der Waals surface area contributed by atoms with Crippen LogP contribution in [0, 0.1) is 11.8 Å². The van der Waals surface area contributed by atoms with Gasteiger partial charge in [-0.1, -0.05) is 0 Å². The minimum absolute atomic E-state index is 0.0549. The van der Waals surface area contributed by atoms with Crippen molar-refractivity contribution >= 4 is 17.8 Å². The Labute approximate surface area is 99.2 Å². The van der Waals surface area contributed by atoms with Crippen molar-refractivity contribution in [2.75, 3.05) is 26.2 Å². The molecule has 2 aliphatic rings. The van der Waals surface area contributed by atoms with E-state index in [4.69, 9.17) is 5.11 Å². The summed E-state index contributed by atoms with van der Waals surface area (Å²) in [5, 5.41) is 8.59. The number of amides is 2. The molecule has 2 amide bonds. The molecule has 0 saturated carbocycles. The molecule has 0 spiro atoms. The van der Waals surface area contributed by atoms with E-state index < -0.39 is 5.97 Å². The van der Waals surface area contributed by atoms with E-state index in [1.807, 2.05) is 4.90 Å². The second-order valence-electron chi connectivity index (χ2n) is 4.54. The highest BCUT2D eigenvalue weighted by Crippen LogP contribution is 2.33. The van der Waals surface area contributed by atoms with Crippen LogP contribution in [-0.2, 0) is 14.4 Å². The largest absolute Gasteiger partial charge is 0.481 e. The number of likely N-dealkylation sites (tertiary alicyclic amines) is 2. The first-order valence-corrected chi connectivity index (χ1v) is 5.84. The molecule has 0 aromatic carbocycles. The van der Waals surface area contributed by atoms with Gasteiger partial charge in [-0.2, -0.15) is 0 Å². The lowest BCUT2D eigenvalue weighted by Gasteiger charge is -2.18. The maximum Gasteiger partial charge on any atom is 0.304 e. The molecule has 2 heterocycles. The fraction of sp³-hybridized carbons (Fsp3) is 0.727. The van der Waals surface area contributed by atoms with Crippen LogP contribution in [0.5, 0.6) is 0 Å². The quantitative estimate of drug-likeness (QED) is 0.664. The van der Waals surface area contributed by atoms with Gasteiger partial charge in [0.15, 0.2) is 0 Å². The summed E-state index contributed by atoms with van der Waals surface area (Å²) >= 11 is 0. The van der Waals surface area contributed by atoms with E-state index in [0.717, 1.165) is 0 Å². The first-order valence-electron chi connectivity index (χ1n) is 5.84. The van der Waals surface area contributed by atoms with Crippen molar-refractivity contribution in [3.8, 4) is 0 Å². The molecule has 17 heavy (non-hydrogen) atoms. The molecule has 2 fully saturated rings. The molecule has 2 atom stereocenters. The van der Waals surface area contributed by atoms with E-state index in [2.05, 4.69) is 0 Å². The lowest BCUT2D eigenvalue weighted by atomic mass is 10.00. The van der Waals surface area contributed by atoms with Crippen molar-refractivity contribution < 1.29 is 19.5 Å². The van der Waals surface area contributed by atoms with Crippen LogP contribution in [-0.4, -0.2) is 58.9 Å². The number of hydrogen-bond donors (Lipinski definition) is 1. The lowest BCUT2D eigenvalue weighted by molar-refractivity contribution is -0.140. The first kappa shape index (κ1) is 12.0. The summed E-state index contributed by atoms with van der Waals surface area (Å²) in [6.07, 6.45) is 0.0549. The third-order valence-corrected chi connectivity index (χ3v) is 3.52. The van der Waals surface area contributed by atoms with E-state index >= 15 is 0 Å². The van der Waals surface area contributed by atoms with E-state index in [1.165, 1.54) is 4.90 Å². The number of hydrogen-bond acceptors (Lipinski definition) is 4. The Balaban J connectivity index is 1.98. The van der Waals surface area contributed by atoms with Crippen LogP contribution < -0.4 is 0 Å². The fourth-order valence-electron chi connectivity index (χ4n) is 2.64. The standard InChI is InChI=1S/C11H16N2O4/c1-2-13-10(16)7-5-12(4-3-9(14)15)6-8(7)11(13)17/h7-8H,2-6H2,1H3,(H,14,15). The zero-order valence-corrected chi connectivity index (χ0v) is 9.76. The lowest BCUT2D eigenvalue weighted by Crippen LogP contribution is -2.36. The van der Waals surface area contributed by atoms with Gasteiger partial charge in [0.2, 0.25) is 11.8 Å². The van der Waals surface area contributed by atoms with Crippen LogP contribution in [0.3, 0.4) is 0 Å². The van der Waals surface area contributed by atoms with E-state index in [-0.39, 0.29) is 30.1 Å². The van der Waals surface area contributed by atoms with Gasteiger partial charge in [0.05, 0.1) is 18.3 Å². The molecule has 0 aliphatic carbocycles. The van der Waals surface area contributed by atoms with Crippen LogP contribution in [0.1, 0.15) is 13.3 Å². The second kappa shape index (κ2) is 4.44. The van der Waals surface area contributed by atoms with Gasteiger partial charge in [0.25, 0.3) is 0 Å². The number of rotatable bonds is 4. The van der Waals surface area contributed by atoms with E-state index in [0.29, 0.717) is 26.2 Å². The Bertz CT molecular complexity index is 344. The van der Waals surface area contributed by atoms with Gasteiger partial charge in [0, 0.05) is 26.2 Å². The molecule has 6 nitrogen and oxygen atoms in total. The molecule has 2 unspecified atom stereocenters. The summed E-state index contributed by atoms with van der Waals surface area (Å²) in [5.74, 6) is -1.55. The highest BCUT2D eigenvalue weighted by molar-refractivity contribution is 6.05. The number of carbonyl (C=O) groups is 3. The molecule has 0 aromatic heterocycles. The third kappa shape index (κ3) is 2.04. The maximum atomic E-state index is 11.9. The molecule has 1 N–H and O–H groups in total. The Morgan fingerprint density at radius 3 is 2.24 bits per heavy atom. The third-order valence-electron chi connectivity index (χ3n) is 3.52. The summed E-state index contributed by atoms with van der Waals surface area (Å²) in [7, 11) is 0. The Kier molecular flexibility index (Phi) is 3.15. The number of carbonyl (C=O) groups excluding carboxylic acids is 2. The van der Waals surface area contributed by atoms with Gasteiger partial charge in [-0.3, -0.25) is 19.3 Å². The number of aliphatic carboxylic acids is 1. The van der Waals surface area contributed by atoms with Crippen molar-refractivity contribution in [3.63, 3.8) is 0 Å². The number of nitrogens with zero attached hydrogens (tertiary/aromatic N) is 2. The molecule has 94 valence electrons. The Hall–Kier alpha value is -1.43. The summed E-state index contributed by atoms with van der Waals surface area (Å²) in [4.78, 5) is 37.4. The first-order chi connectivity index (χ1) is 8.04. The van der Waals surface area contributed by atoms with Crippen molar-refractivity contribution in [2.45, 2.75) is 13.3 Å². The minimum Gasteiger partial charge on any atom is -0.481 e. The van der Waals surface area contributed by atoms with Crippen LogP contribution in [0.15, 0.2) is 0 Å². The number of carboxylic acids is 1. The highest BCUT2D eigenvalue weighted by Gasteiger charge is 2.51. The molecule has 0 aromatic rings. The fourth-order valence-corrected chi connectivity index (χ4v) is 2.64. The molecular weight excluding hydrogens is 224 g/mol. The monoisotopic (exact) mass is 240 g/mol. The van der Waals surface area contributed by atoms with Crippen molar-refractivity contribution in [3.05, 3.63) is 0 Å². The highest BCUT2D eigenvalue weighted by atomic mass is 16.4. The molecule has 6 heteroatoms. The van der Waals surface area contributed by atoms with Gasteiger partial charge >= 0.3 is 5.97 Å². The predicted molar refractivity (Wildman–Crippen MR) is 58.1 cm³/mol. The normalized spacial score (nSPS) is 28.9. The zero-order chi connectivity index (χ0) is 12.6. The molecule has 2 saturated heterocycles. The average molecular weight is 240 g/mol. The van der Waals surface area contributed by atoms with Crippen LogP contribution in [0.4, 0.5) is 0 Å². The summed E-state index contributed by atoms with van der Waals surface area (Å²) in [6.45, 7) is 3.66. The van der Waals surface area contributed by atoms with Crippen molar-refractivity contribution in [2.24, 2.45) is 11.8 Å². The summed E-state index contributed by atoms with van der Waals surface area (Å²) in [5.41, 5.74) is 0. The van der Waals surface area contributed by atoms with Crippen molar-refractivity contribution in [1.82, 2.24) is 9.80 Å². The predicted octanol–water partition coefficient (Wildman–Crippen LogP) is -0.602. The van der Waals surface area contributed by atoms with Gasteiger partial charge in [0.1, 0.15) is 0 Å². The molecular formula is C11H16N2O4. The number of fused-ring (bicyclic) bond motifs is 1. The molecule has 2 rings (SSSR count). The SMILES string of the molecule is CCN1C(=O)C2CN(CCC(=O)O)CC2C1=O. The van der Waals surface area contributed by atoms with Crippen LogP contribution >= 0.6 is 0 Å². The number of carboxylic acid groups (broad SMARTS) is 1. The van der Waals surface area contributed by atoms with Gasteiger partial charge in [-0.05, 0) is 6.92 Å². The van der Waals surface area contributed by atoms with Crippen LogP contribution in [0.2, 0.25) is 0 Å². The Morgan fingerprint density at radius 1 is 1.29 bits per heavy atom. The van der Waals surface area contributed by atoms with E-state index in [1.54, 1.807) is 6.92 Å². The van der Waals surface area contributed by atoms with Gasteiger partial charge in [-0.15, -0.1) is 0 Å². The average Bonchev–Trinajstić information content (AvgIpc) is 2.78. The Morgan fingerprint density at radius 2 is 1.82 bits per heavy atom. The van der Waals surface area contributed by atoms with Gasteiger partial charge in [-0.25, -0.2) is 0 Å². The van der Waals surface area contributed by atoms with E-state index in [9.17, 15) is 14.4 Å². The van der Waals surface area contributed by atoms with Crippen LogP contribution in [0.25, 0.3) is 0 Å².